The van der Waals surface area contributed by atoms with Crippen molar-refractivity contribution in [3.8, 4) is 0 Å². The van der Waals surface area contributed by atoms with E-state index in [4.69, 9.17) is 0 Å². The average molecular weight is 278 g/mol. The lowest BCUT2D eigenvalue weighted by molar-refractivity contribution is -0.143. The topological polar surface area (TPSA) is 94.6 Å². The number of hydrogen-bond donors (Lipinski definition) is 1. The van der Waals surface area contributed by atoms with Gasteiger partial charge in [0.25, 0.3) is 0 Å². The number of amides is 1. The van der Waals surface area contributed by atoms with E-state index < -0.39 is 11.9 Å². The highest BCUT2D eigenvalue weighted by Crippen LogP contribution is 2.18. The third-order valence-corrected chi connectivity index (χ3v) is 2.28. The summed E-state index contributed by atoms with van der Waals surface area (Å²) in [6, 6.07) is 1.54. The quantitative estimate of drug-likeness (QED) is 0.378. The number of pyridine rings is 1. The summed E-state index contributed by atoms with van der Waals surface area (Å²) in [5.74, 6) is -1.96. The molecule has 7 heteroatoms. The van der Waals surface area contributed by atoms with Crippen molar-refractivity contribution in [2.45, 2.75) is 6.92 Å². The molecule has 0 atom stereocenters. The van der Waals surface area contributed by atoms with Gasteiger partial charge in [0.05, 0.1) is 26.1 Å². The van der Waals surface area contributed by atoms with Crippen molar-refractivity contribution in [3.63, 3.8) is 0 Å². The Balaban J connectivity index is 3.26. The molecule has 106 valence electrons. The SMILES string of the molecule is COC(=O)C(=Cc1ccncc1NC(C)=O)C(=O)OC. The van der Waals surface area contributed by atoms with E-state index >= 15 is 0 Å². The second-order valence-electron chi connectivity index (χ2n) is 3.69. The Labute approximate surface area is 115 Å². The first-order valence-corrected chi connectivity index (χ1v) is 5.59. The number of rotatable bonds is 4. The molecular formula is C13H14N2O5. The van der Waals surface area contributed by atoms with E-state index in [1.807, 2.05) is 0 Å². The summed E-state index contributed by atoms with van der Waals surface area (Å²) in [6.07, 6.45) is 4.13. The van der Waals surface area contributed by atoms with Gasteiger partial charge < -0.3 is 14.8 Å². The van der Waals surface area contributed by atoms with Crippen molar-refractivity contribution in [2.75, 3.05) is 19.5 Å². The van der Waals surface area contributed by atoms with Crippen LogP contribution in [0.2, 0.25) is 0 Å². The molecule has 1 aromatic rings. The molecule has 0 saturated carbocycles. The average Bonchev–Trinajstić information content (AvgIpc) is 2.44. The Morgan fingerprint density at radius 2 is 1.80 bits per heavy atom. The van der Waals surface area contributed by atoms with Crippen LogP contribution in [-0.2, 0) is 23.9 Å². The molecule has 0 aliphatic heterocycles. The van der Waals surface area contributed by atoms with Gasteiger partial charge in [-0.1, -0.05) is 0 Å². The minimum absolute atomic E-state index is 0.284. The van der Waals surface area contributed by atoms with Gasteiger partial charge >= 0.3 is 11.9 Å². The molecule has 1 rings (SSSR count). The molecule has 0 aromatic carbocycles. The fraction of sp³-hybridized carbons (Fsp3) is 0.231. The Hall–Kier alpha value is -2.70. The van der Waals surface area contributed by atoms with E-state index in [0.717, 1.165) is 14.2 Å². The van der Waals surface area contributed by atoms with Crippen molar-refractivity contribution in [2.24, 2.45) is 0 Å². The van der Waals surface area contributed by atoms with Gasteiger partial charge in [-0.25, -0.2) is 9.59 Å². The standard InChI is InChI=1S/C13H14N2O5/c1-8(16)15-11-7-14-5-4-9(11)6-10(12(17)19-2)13(18)20-3/h4-7H,1-3H3,(H,15,16). The van der Waals surface area contributed by atoms with Gasteiger partial charge in [-0.15, -0.1) is 0 Å². The highest BCUT2D eigenvalue weighted by atomic mass is 16.5. The Morgan fingerprint density at radius 3 is 2.30 bits per heavy atom. The van der Waals surface area contributed by atoms with Crippen LogP contribution in [0.5, 0.6) is 0 Å². The largest absolute Gasteiger partial charge is 0.465 e. The maximum atomic E-state index is 11.6. The Bertz CT molecular complexity index is 548. The molecule has 0 radical (unpaired) electrons. The molecule has 0 aliphatic rings. The lowest BCUT2D eigenvalue weighted by Crippen LogP contribution is -2.16. The first-order chi connectivity index (χ1) is 9.49. The molecule has 0 bridgehead atoms. The number of methoxy groups -OCH3 is 2. The van der Waals surface area contributed by atoms with Crippen LogP contribution in [0.3, 0.4) is 0 Å². The monoisotopic (exact) mass is 278 g/mol. The maximum Gasteiger partial charge on any atom is 0.345 e. The van der Waals surface area contributed by atoms with Crippen LogP contribution in [0.25, 0.3) is 6.08 Å². The number of aromatic nitrogens is 1. The molecule has 20 heavy (non-hydrogen) atoms. The number of ether oxygens (including phenoxy) is 2. The molecule has 1 N–H and O–H groups in total. The molecule has 0 unspecified atom stereocenters. The van der Waals surface area contributed by atoms with Gasteiger partial charge in [-0.2, -0.15) is 0 Å². The Morgan fingerprint density at radius 1 is 1.20 bits per heavy atom. The molecular weight excluding hydrogens is 264 g/mol. The van der Waals surface area contributed by atoms with Crippen molar-refractivity contribution in [1.82, 2.24) is 4.98 Å². The molecule has 1 aromatic heterocycles. The van der Waals surface area contributed by atoms with Crippen molar-refractivity contribution in [3.05, 3.63) is 29.6 Å². The van der Waals surface area contributed by atoms with Crippen molar-refractivity contribution >= 4 is 29.6 Å². The second-order valence-corrected chi connectivity index (χ2v) is 3.69. The molecule has 0 fully saturated rings. The number of esters is 2. The van der Waals surface area contributed by atoms with Crippen LogP contribution in [0.4, 0.5) is 5.69 Å². The van der Waals surface area contributed by atoms with Crippen LogP contribution in [0.15, 0.2) is 24.0 Å². The van der Waals surface area contributed by atoms with Gasteiger partial charge in [-0.05, 0) is 12.1 Å². The summed E-state index contributed by atoms with van der Waals surface area (Å²) in [4.78, 5) is 38.1. The van der Waals surface area contributed by atoms with E-state index in [0.29, 0.717) is 11.3 Å². The van der Waals surface area contributed by atoms with Crippen LogP contribution in [0.1, 0.15) is 12.5 Å². The minimum atomic E-state index is -0.831. The summed E-state index contributed by atoms with van der Waals surface area (Å²) in [5, 5.41) is 2.54. The zero-order valence-corrected chi connectivity index (χ0v) is 11.3. The predicted molar refractivity (Wildman–Crippen MR) is 70.5 cm³/mol. The van der Waals surface area contributed by atoms with Gasteiger partial charge in [0, 0.05) is 18.7 Å². The number of carbonyl (C=O) groups excluding carboxylic acids is 3. The molecule has 7 nitrogen and oxygen atoms in total. The van der Waals surface area contributed by atoms with Gasteiger partial charge in [0.15, 0.2) is 0 Å². The van der Waals surface area contributed by atoms with Crippen LogP contribution in [-0.4, -0.2) is 37.0 Å². The zero-order valence-electron chi connectivity index (χ0n) is 11.3. The highest BCUT2D eigenvalue weighted by molar-refractivity contribution is 6.18. The molecule has 1 amide bonds. The summed E-state index contributed by atoms with van der Waals surface area (Å²) in [5.41, 5.74) is 0.513. The minimum Gasteiger partial charge on any atom is -0.465 e. The Kier molecular flexibility index (Phi) is 5.40. The molecule has 1 heterocycles. The molecule has 0 spiro atoms. The third-order valence-electron chi connectivity index (χ3n) is 2.28. The van der Waals surface area contributed by atoms with Gasteiger partial charge in [-0.3, -0.25) is 9.78 Å². The van der Waals surface area contributed by atoms with E-state index in [9.17, 15) is 14.4 Å². The molecule has 0 saturated heterocycles. The summed E-state index contributed by atoms with van der Waals surface area (Å²) < 4.78 is 9.03. The number of anilines is 1. The maximum absolute atomic E-state index is 11.6. The lowest BCUT2D eigenvalue weighted by atomic mass is 10.1. The van der Waals surface area contributed by atoms with E-state index in [2.05, 4.69) is 19.8 Å². The second kappa shape index (κ2) is 7.03. The smallest absolute Gasteiger partial charge is 0.345 e. The summed E-state index contributed by atoms with van der Waals surface area (Å²) in [6.45, 7) is 1.34. The fourth-order valence-corrected chi connectivity index (χ4v) is 1.40. The van der Waals surface area contributed by atoms with Gasteiger partial charge in [0.1, 0.15) is 5.57 Å². The van der Waals surface area contributed by atoms with Crippen LogP contribution in [0, 0.1) is 0 Å². The number of nitrogens with one attached hydrogen (secondary N) is 1. The number of carbonyl (C=O) groups is 3. The first-order valence-electron chi connectivity index (χ1n) is 5.59. The van der Waals surface area contributed by atoms with E-state index in [1.165, 1.54) is 31.5 Å². The number of hydrogen-bond acceptors (Lipinski definition) is 6. The highest BCUT2D eigenvalue weighted by Gasteiger charge is 2.20. The first kappa shape index (κ1) is 15.4. The summed E-state index contributed by atoms with van der Waals surface area (Å²) in [7, 11) is 2.31. The molecule has 0 aliphatic carbocycles. The van der Waals surface area contributed by atoms with E-state index in [-0.39, 0.29) is 11.5 Å². The predicted octanol–water partition coefficient (Wildman–Crippen LogP) is 0.769. The number of nitrogens with zero attached hydrogens (tertiary/aromatic N) is 1. The fourth-order valence-electron chi connectivity index (χ4n) is 1.40. The zero-order chi connectivity index (χ0) is 15.1. The lowest BCUT2D eigenvalue weighted by Gasteiger charge is -2.07. The van der Waals surface area contributed by atoms with Crippen molar-refractivity contribution < 1.29 is 23.9 Å². The van der Waals surface area contributed by atoms with Crippen molar-refractivity contribution in [1.29, 1.82) is 0 Å². The van der Waals surface area contributed by atoms with Crippen LogP contribution >= 0.6 is 0 Å². The summed E-state index contributed by atoms with van der Waals surface area (Å²) >= 11 is 0. The normalized spacial score (nSPS) is 9.35. The van der Waals surface area contributed by atoms with Crippen LogP contribution < -0.4 is 5.32 Å². The third kappa shape index (κ3) is 3.91. The van der Waals surface area contributed by atoms with E-state index in [1.54, 1.807) is 0 Å². The van der Waals surface area contributed by atoms with Gasteiger partial charge in [0.2, 0.25) is 5.91 Å².